The van der Waals surface area contributed by atoms with Gasteiger partial charge in [-0.2, -0.15) is 0 Å². The second-order valence-electron chi connectivity index (χ2n) is 11.1. The molecular weight excluding hydrogens is 508 g/mol. The molecule has 3 fully saturated rings. The van der Waals surface area contributed by atoms with Crippen LogP contribution in [0.5, 0.6) is 0 Å². The average molecular weight is 553 g/mol. The van der Waals surface area contributed by atoms with Gasteiger partial charge in [-0.15, -0.1) is 0 Å². The summed E-state index contributed by atoms with van der Waals surface area (Å²) in [7, 11) is 0. The molecule has 2 aromatic carbocycles. The SMILES string of the molecule is CCC1CN(N2C(=O)N(N3CCOC(CC)C3)[C@H](Cc3ccccc3)[C@H](O)[C@@H](O)[C@H]2Cc2ccccc2)CCO1. The molecule has 0 aromatic heterocycles. The highest BCUT2D eigenvalue weighted by Gasteiger charge is 2.51. The summed E-state index contributed by atoms with van der Waals surface area (Å²) in [5.41, 5.74) is 2.00. The van der Waals surface area contributed by atoms with Crippen LogP contribution in [-0.2, 0) is 22.3 Å². The van der Waals surface area contributed by atoms with Crippen molar-refractivity contribution in [2.24, 2.45) is 0 Å². The van der Waals surface area contributed by atoms with Crippen LogP contribution in [0.4, 0.5) is 4.79 Å². The lowest BCUT2D eigenvalue weighted by Gasteiger charge is -2.48. The van der Waals surface area contributed by atoms with E-state index < -0.39 is 24.3 Å². The van der Waals surface area contributed by atoms with Crippen molar-refractivity contribution < 1.29 is 24.5 Å². The number of amides is 2. The first-order chi connectivity index (χ1) is 19.5. The van der Waals surface area contributed by atoms with Crippen LogP contribution in [0.15, 0.2) is 60.7 Å². The van der Waals surface area contributed by atoms with Crippen LogP contribution in [0.3, 0.4) is 0 Å². The van der Waals surface area contributed by atoms with E-state index in [1.165, 1.54) is 0 Å². The number of benzene rings is 2. The molecule has 0 aliphatic carbocycles. The van der Waals surface area contributed by atoms with Gasteiger partial charge in [0.2, 0.25) is 0 Å². The van der Waals surface area contributed by atoms with Gasteiger partial charge in [-0.3, -0.25) is 0 Å². The minimum atomic E-state index is -1.16. The number of hydrogen-bond acceptors (Lipinski definition) is 7. The van der Waals surface area contributed by atoms with Crippen LogP contribution < -0.4 is 0 Å². The number of morpholine rings is 2. The molecule has 3 aliphatic rings. The molecule has 9 nitrogen and oxygen atoms in total. The van der Waals surface area contributed by atoms with E-state index in [2.05, 4.69) is 13.8 Å². The van der Waals surface area contributed by atoms with Crippen molar-refractivity contribution >= 4 is 6.03 Å². The van der Waals surface area contributed by atoms with Crippen molar-refractivity contribution in [1.82, 2.24) is 20.0 Å². The Morgan fingerprint density at radius 1 is 0.700 bits per heavy atom. The normalized spacial score (nSPS) is 30.9. The number of rotatable bonds is 8. The smallest absolute Gasteiger partial charge is 0.349 e. The van der Waals surface area contributed by atoms with Crippen molar-refractivity contribution in [3.05, 3.63) is 71.8 Å². The van der Waals surface area contributed by atoms with Crippen LogP contribution in [0.2, 0.25) is 0 Å². The predicted molar refractivity (Wildman–Crippen MR) is 152 cm³/mol. The predicted octanol–water partition coefficient (Wildman–Crippen LogP) is 2.72. The number of carbonyl (C=O) groups is 1. The number of carbonyl (C=O) groups excluding carboxylic acids is 1. The van der Waals surface area contributed by atoms with Gasteiger partial charge in [-0.05, 0) is 36.8 Å². The number of hydrogen-bond donors (Lipinski definition) is 2. The summed E-state index contributed by atoms with van der Waals surface area (Å²) in [5, 5.41) is 31.4. The average Bonchev–Trinajstić information content (AvgIpc) is 3.07. The van der Waals surface area contributed by atoms with Crippen LogP contribution in [-0.4, -0.2) is 112 Å². The third-order valence-corrected chi connectivity index (χ3v) is 8.49. The van der Waals surface area contributed by atoms with E-state index in [-0.39, 0.29) is 18.2 Å². The molecule has 6 atom stereocenters. The van der Waals surface area contributed by atoms with Crippen molar-refractivity contribution in [3.63, 3.8) is 0 Å². The van der Waals surface area contributed by atoms with Gasteiger partial charge in [0, 0.05) is 26.2 Å². The van der Waals surface area contributed by atoms with Crippen molar-refractivity contribution in [3.8, 4) is 0 Å². The maximum Gasteiger partial charge on any atom is 0.349 e. The fourth-order valence-electron chi connectivity index (χ4n) is 6.21. The van der Waals surface area contributed by atoms with Crippen molar-refractivity contribution in [1.29, 1.82) is 0 Å². The van der Waals surface area contributed by atoms with Crippen LogP contribution >= 0.6 is 0 Å². The number of ether oxygens (including phenoxy) is 2. The molecule has 218 valence electrons. The molecule has 9 heteroatoms. The van der Waals surface area contributed by atoms with Gasteiger partial charge >= 0.3 is 6.03 Å². The molecule has 2 N–H and O–H groups in total. The van der Waals surface area contributed by atoms with Gasteiger partial charge in [-0.25, -0.2) is 24.8 Å². The third kappa shape index (κ3) is 6.35. The molecule has 2 unspecified atom stereocenters. The first kappa shape index (κ1) is 29.0. The monoisotopic (exact) mass is 552 g/mol. The quantitative estimate of drug-likeness (QED) is 0.521. The standard InChI is InChI=1S/C31H44N4O5/c1-3-25-21-32(15-17-39-25)34-27(19-23-11-7-5-8-12-23)29(36)30(37)28(20-24-13-9-6-10-14-24)35(31(34)38)33-16-18-40-26(4-2)22-33/h5-14,25-30,36-37H,3-4,15-22H2,1-2H3/t25?,26?,27-,28-,29+,30+/m1/s1. The van der Waals surface area contributed by atoms with Gasteiger partial charge in [-0.1, -0.05) is 74.5 Å². The molecule has 2 amide bonds. The molecule has 0 radical (unpaired) electrons. The highest BCUT2D eigenvalue weighted by molar-refractivity contribution is 5.75. The van der Waals surface area contributed by atoms with Crippen LogP contribution in [0.1, 0.15) is 37.8 Å². The number of urea groups is 1. The Hall–Kier alpha value is -2.53. The minimum Gasteiger partial charge on any atom is -0.388 e. The molecule has 3 saturated heterocycles. The van der Waals surface area contributed by atoms with E-state index in [1.807, 2.05) is 70.7 Å². The van der Waals surface area contributed by atoms with Crippen molar-refractivity contribution in [2.45, 2.75) is 76.0 Å². The Labute approximate surface area is 237 Å². The highest BCUT2D eigenvalue weighted by atomic mass is 16.5. The minimum absolute atomic E-state index is 0.00864. The Morgan fingerprint density at radius 2 is 1.10 bits per heavy atom. The van der Waals surface area contributed by atoms with E-state index in [4.69, 9.17) is 9.47 Å². The fourth-order valence-corrected chi connectivity index (χ4v) is 6.21. The number of aliphatic hydroxyl groups excluding tert-OH is 2. The first-order valence-corrected chi connectivity index (χ1v) is 14.8. The number of nitrogens with zero attached hydrogens (tertiary/aromatic N) is 4. The lowest BCUT2D eigenvalue weighted by Crippen LogP contribution is -2.65. The topological polar surface area (TPSA) is 89.0 Å². The Kier molecular flexibility index (Phi) is 9.72. The zero-order valence-electron chi connectivity index (χ0n) is 23.7. The van der Waals surface area contributed by atoms with Crippen LogP contribution in [0, 0.1) is 0 Å². The molecule has 3 heterocycles. The Balaban J connectivity index is 1.58. The van der Waals surface area contributed by atoms with Crippen molar-refractivity contribution in [2.75, 3.05) is 39.4 Å². The van der Waals surface area contributed by atoms with E-state index in [0.29, 0.717) is 52.2 Å². The molecule has 5 rings (SSSR count). The fraction of sp³-hybridized carbons (Fsp3) is 0.581. The lowest BCUT2D eigenvalue weighted by molar-refractivity contribution is -0.150. The summed E-state index contributed by atoms with van der Waals surface area (Å²) < 4.78 is 11.9. The van der Waals surface area contributed by atoms with Gasteiger partial charge in [0.05, 0.1) is 37.5 Å². The zero-order chi connectivity index (χ0) is 28.1. The second kappa shape index (κ2) is 13.4. The summed E-state index contributed by atoms with van der Waals surface area (Å²) in [4.78, 5) is 14.9. The van der Waals surface area contributed by atoms with Gasteiger partial charge in [0.1, 0.15) is 12.2 Å². The molecule has 2 aromatic rings. The summed E-state index contributed by atoms with van der Waals surface area (Å²) in [6, 6.07) is 18.3. The van der Waals surface area contributed by atoms with E-state index in [0.717, 1.165) is 24.0 Å². The summed E-state index contributed by atoms with van der Waals surface area (Å²) in [6.45, 7) is 7.34. The van der Waals surface area contributed by atoms with Gasteiger partial charge in [0.25, 0.3) is 0 Å². The second-order valence-corrected chi connectivity index (χ2v) is 11.1. The highest BCUT2D eigenvalue weighted by Crippen LogP contribution is 2.31. The molecule has 0 spiro atoms. The molecule has 0 saturated carbocycles. The largest absolute Gasteiger partial charge is 0.388 e. The number of hydrazine groups is 2. The van der Waals surface area contributed by atoms with E-state index >= 15 is 0 Å². The Morgan fingerprint density at radius 3 is 1.48 bits per heavy atom. The summed E-state index contributed by atoms with van der Waals surface area (Å²) >= 11 is 0. The van der Waals surface area contributed by atoms with Gasteiger partial charge < -0.3 is 19.7 Å². The summed E-state index contributed by atoms with van der Waals surface area (Å²) in [6.07, 6.45) is 0.167. The molecule has 3 aliphatic heterocycles. The summed E-state index contributed by atoms with van der Waals surface area (Å²) in [5.74, 6) is 0. The van der Waals surface area contributed by atoms with E-state index in [1.54, 1.807) is 10.0 Å². The maximum absolute atomic E-state index is 14.9. The first-order valence-electron chi connectivity index (χ1n) is 14.8. The number of aliphatic hydroxyl groups is 2. The van der Waals surface area contributed by atoms with Gasteiger partial charge in [0.15, 0.2) is 0 Å². The molecular formula is C31H44N4O5. The van der Waals surface area contributed by atoms with E-state index in [9.17, 15) is 15.0 Å². The van der Waals surface area contributed by atoms with Crippen LogP contribution in [0.25, 0.3) is 0 Å². The lowest BCUT2D eigenvalue weighted by atomic mass is 9.91. The molecule has 0 bridgehead atoms. The molecule has 40 heavy (non-hydrogen) atoms. The Bertz CT molecular complexity index is 992. The zero-order valence-corrected chi connectivity index (χ0v) is 23.7. The third-order valence-electron chi connectivity index (χ3n) is 8.49. The maximum atomic E-state index is 14.9.